The zero-order chi connectivity index (χ0) is 19.8. The number of imidazole rings is 1. The molecule has 5 aromatic rings. The van der Waals surface area contributed by atoms with Crippen molar-refractivity contribution in [2.24, 2.45) is 7.05 Å². The molecular formula is C25H21N4+. The molecule has 29 heavy (non-hydrogen) atoms. The number of fused-ring (bicyclic) bond motifs is 1. The Morgan fingerprint density at radius 3 is 2.34 bits per heavy atom. The Labute approximate surface area is 169 Å². The van der Waals surface area contributed by atoms with Crippen LogP contribution in [0.1, 0.15) is 5.56 Å². The van der Waals surface area contributed by atoms with Crippen molar-refractivity contribution in [2.45, 2.75) is 6.92 Å². The third-order valence-corrected chi connectivity index (χ3v) is 5.32. The molecule has 3 aromatic carbocycles. The van der Waals surface area contributed by atoms with E-state index >= 15 is 0 Å². The number of nitrogens with zero attached hydrogens (tertiary/aromatic N) is 4. The summed E-state index contributed by atoms with van der Waals surface area (Å²) in [5, 5.41) is 0. The molecule has 4 nitrogen and oxygen atoms in total. The summed E-state index contributed by atoms with van der Waals surface area (Å²) in [4.78, 5) is 9.50. The molecule has 2 aromatic heterocycles. The number of hydrogen-bond donors (Lipinski definition) is 0. The van der Waals surface area contributed by atoms with Crippen molar-refractivity contribution in [1.82, 2.24) is 14.5 Å². The Bertz CT molecular complexity index is 1320. The third kappa shape index (κ3) is 2.90. The third-order valence-electron chi connectivity index (χ3n) is 5.32. The average molecular weight is 377 g/mol. The minimum Gasteiger partial charge on any atom is -0.256 e. The van der Waals surface area contributed by atoms with Gasteiger partial charge in [-0.05, 0) is 30.7 Å². The van der Waals surface area contributed by atoms with Gasteiger partial charge in [0.05, 0.1) is 30.7 Å². The van der Waals surface area contributed by atoms with Crippen molar-refractivity contribution in [2.75, 3.05) is 0 Å². The minimum absolute atomic E-state index is 0.807. The Hall–Kier alpha value is -3.79. The summed E-state index contributed by atoms with van der Waals surface area (Å²) in [6, 6.07) is 27.0. The molecule has 0 saturated heterocycles. The molecule has 4 heteroatoms. The topological polar surface area (TPSA) is 34.6 Å². The second-order valence-electron chi connectivity index (χ2n) is 7.15. The molecule has 0 bridgehead atoms. The Morgan fingerprint density at radius 2 is 1.52 bits per heavy atom. The highest BCUT2D eigenvalue weighted by Gasteiger charge is 2.27. The maximum atomic E-state index is 4.98. The first kappa shape index (κ1) is 17.3. The molecule has 0 aliphatic rings. The van der Waals surface area contributed by atoms with E-state index in [1.165, 1.54) is 11.1 Å². The van der Waals surface area contributed by atoms with Gasteiger partial charge in [0.1, 0.15) is 0 Å². The highest BCUT2D eigenvalue weighted by atomic mass is 15.2. The van der Waals surface area contributed by atoms with Crippen LogP contribution >= 0.6 is 0 Å². The number of rotatable bonds is 3. The predicted octanol–water partition coefficient (Wildman–Crippen LogP) is 4.89. The lowest BCUT2D eigenvalue weighted by Gasteiger charge is -2.07. The molecule has 0 saturated carbocycles. The van der Waals surface area contributed by atoms with Gasteiger partial charge >= 0.3 is 0 Å². The molecule has 0 fully saturated rings. The van der Waals surface area contributed by atoms with Gasteiger partial charge in [-0.1, -0.05) is 60.7 Å². The van der Waals surface area contributed by atoms with E-state index in [4.69, 9.17) is 4.98 Å². The highest BCUT2D eigenvalue weighted by Crippen LogP contribution is 2.28. The largest absolute Gasteiger partial charge is 0.296 e. The Kier molecular flexibility index (Phi) is 4.17. The van der Waals surface area contributed by atoms with Gasteiger partial charge in [-0.25, -0.2) is 9.55 Å². The van der Waals surface area contributed by atoms with Crippen LogP contribution in [0.15, 0.2) is 91.3 Å². The first-order chi connectivity index (χ1) is 14.2. The van der Waals surface area contributed by atoms with Gasteiger partial charge in [-0.15, -0.1) is 0 Å². The molecular weight excluding hydrogens is 356 g/mol. The van der Waals surface area contributed by atoms with E-state index in [-0.39, 0.29) is 0 Å². The van der Waals surface area contributed by atoms with Crippen molar-refractivity contribution in [1.29, 1.82) is 0 Å². The molecule has 5 rings (SSSR count). The highest BCUT2D eigenvalue weighted by molar-refractivity contribution is 5.79. The number of aromatic nitrogens is 4. The van der Waals surface area contributed by atoms with Crippen LogP contribution in [-0.2, 0) is 7.05 Å². The van der Waals surface area contributed by atoms with E-state index in [0.29, 0.717) is 0 Å². The predicted molar refractivity (Wildman–Crippen MR) is 116 cm³/mol. The van der Waals surface area contributed by atoms with Crippen LogP contribution in [0.2, 0.25) is 0 Å². The quantitative estimate of drug-likeness (QED) is 0.420. The zero-order valence-electron chi connectivity index (χ0n) is 16.4. The van der Waals surface area contributed by atoms with E-state index in [1.54, 1.807) is 0 Å². The summed E-state index contributed by atoms with van der Waals surface area (Å²) in [7, 11) is 2.11. The summed E-state index contributed by atoms with van der Waals surface area (Å²) in [6.45, 7) is 2.14. The van der Waals surface area contributed by atoms with E-state index in [2.05, 4.69) is 88.8 Å². The second kappa shape index (κ2) is 6.99. The molecule has 0 aliphatic carbocycles. The number of benzene rings is 3. The van der Waals surface area contributed by atoms with Crippen LogP contribution in [0.25, 0.3) is 39.5 Å². The average Bonchev–Trinajstić information content (AvgIpc) is 3.07. The smallest absolute Gasteiger partial charge is 0.256 e. The van der Waals surface area contributed by atoms with Gasteiger partial charge in [0, 0.05) is 5.56 Å². The fourth-order valence-corrected chi connectivity index (χ4v) is 3.88. The summed E-state index contributed by atoms with van der Waals surface area (Å²) >= 11 is 0. The van der Waals surface area contributed by atoms with Crippen molar-refractivity contribution >= 4 is 11.0 Å². The van der Waals surface area contributed by atoms with Gasteiger partial charge in [0.25, 0.3) is 5.82 Å². The fourth-order valence-electron chi connectivity index (χ4n) is 3.88. The summed E-state index contributed by atoms with van der Waals surface area (Å²) in [6.07, 6.45) is 3.65. The van der Waals surface area contributed by atoms with Crippen LogP contribution in [0.4, 0.5) is 0 Å². The second-order valence-corrected chi connectivity index (χ2v) is 7.15. The lowest BCUT2D eigenvalue weighted by atomic mass is 10.1. The van der Waals surface area contributed by atoms with Crippen LogP contribution in [0, 0.1) is 6.92 Å². The molecule has 0 unspecified atom stereocenters. The van der Waals surface area contributed by atoms with Gasteiger partial charge < -0.3 is 0 Å². The van der Waals surface area contributed by atoms with Crippen LogP contribution < -0.4 is 4.57 Å². The zero-order valence-corrected chi connectivity index (χ0v) is 16.4. The Balaban J connectivity index is 1.82. The van der Waals surface area contributed by atoms with Crippen LogP contribution in [0.3, 0.4) is 0 Å². The van der Waals surface area contributed by atoms with E-state index in [1.807, 2.05) is 30.6 Å². The van der Waals surface area contributed by atoms with Crippen LogP contribution in [-0.4, -0.2) is 14.5 Å². The van der Waals surface area contributed by atoms with E-state index in [0.717, 1.165) is 33.9 Å². The standard InChI is InChI=1S/C25H21N4/c1-18-10-6-7-13-20(18)25-28(2)22-14-8-9-15-23(22)29(25)24-17-26-16-21(27-24)19-11-4-3-5-12-19/h3-17H,1-2H3/q+1. The first-order valence-electron chi connectivity index (χ1n) is 9.67. The van der Waals surface area contributed by atoms with Gasteiger partial charge in [0.2, 0.25) is 5.82 Å². The summed E-state index contributed by atoms with van der Waals surface area (Å²) < 4.78 is 4.44. The molecule has 0 atom stereocenters. The fraction of sp³-hybridized carbons (Fsp3) is 0.0800. The van der Waals surface area contributed by atoms with E-state index in [9.17, 15) is 0 Å². The van der Waals surface area contributed by atoms with Crippen molar-refractivity contribution in [3.63, 3.8) is 0 Å². The SMILES string of the molecule is Cc1ccccc1-c1n(-c2cncc(-c3ccccc3)n2)c2ccccc2[n+]1C. The van der Waals surface area contributed by atoms with Crippen molar-refractivity contribution in [3.8, 4) is 28.5 Å². The van der Waals surface area contributed by atoms with Gasteiger partial charge in [0.15, 0.2) is 11.0 Å². The summed E-state index contributed by atoms with van der Waals surface area (Å²) in [5.74, 6) is 1.89. The number of hydrogen-bond acceptors (Lipinski definition) is 2. The molecule has 0 radical (unpaired) electrons. The maximum Gasteiger partial charge on any atom is 0.296 e. The summed E-state index contributed by atoms with van der Waals surface area (Å²) in [5.41, 5.74) is 6.57. The first-order valence-corrected chi connectivity index (χ1v) is 9.67. The number of para-hydroxylation sites is 2. The number of aryl methyl sites for hydroxylation is 2. The minimum atomic E-state index is 0.807. The van der Waals surface area contributed by atoms with E-state index < -0.39 is 0 Å². The molecule has 0 amide bonds. The van der Waals surface area contributed by atoms with Crippen molar-refractivity contribution in [3.05, 3.63) is 96.8 Å². The molecule has 2 heterocycles. The van der Waals surface area contributed by atoms with Crippen molar-refractivity contribution < 1.29 is 4.57 Å². The molecule has 0 spiro atoms. The molecule has 0 aliphatic heterocycles. The lowest BCUT2D eigenvalue weighted by Crippen LogP contribution is -2.30. The molecule has 0 N–H and O–H groups in total. The lowest BCUT2D eigenvalue weighted by molar-refractivity contribution is -0.633. The maximum absolute atomic E-state index is 4.98. The van der Waals surface area contributed by atoms with Gasteiger partial charge in [-0.2, -0.15) is 4.57 Å². The monoisotopic (exact) mass is 377 g/mol. The normalized spacial score (nSPS) is 11.1. The van der Waals surface area contributed by atoms with Gasteiger partial charge in [-0.3, -0.25) is 4.98 Å². The molecule has 140 valence electrons. The van der Waals surface area contributed by atoms with Crippen LogP contribution in [0.5, 0.6) is 0 Å². The Morgan fingerprint density at radius 1 is 0.793 bits per heavy atom.